The average Bonchev–Trinajstić information content (AvgIpc) is 2.65. The summed E-state index contributed by atoms with van der Waals surface area (Å²) in [7, 11) is 0. The topological polar surface area (TPSA) is 39.4 Å². The minimum atomic E-state index is -0.309. The van der Waals surface area contributed by atoms with E-state index in [4.69, 9.17) is 9.15 Å². The van der Waals surface area contributed by atoms with Crippen LogP contribution in [0.2, 0.25) is 0 Å². The number of benzene rings is 1. The quantitative estimate of drug-likeness (QED) is 0.591. The van der Waals surface area contributed by atoms with Gasteiger partial charge in [-0.3, -0.25) is 0 Å². The fourth-order valence-corrected chi connectivity index (χ4v) is 1.84. The molecule has 14 heavy (non-hydrogen) atoms. The zero-order valence-electron chi connectivity index (χ0n) is 7.45. The van der Waals surface area contributed by atoms with E-state index >= 15 is 0 Å². The van der Waals surface area contributed by atoms with Crippen molar-refractivity contribution in [1.29, 1.82) is 0 Å². The first-order valence-corrected chi connectivity index (χ1v) is 4.53. The summed E-state index contributed by atoms with van der Waals surface area (Å²) in [5, 5.41) is 0.986. The van der Waals surface area contributed by atoms with Crippen LogP contribution < -0.4 is 10.4 Å². The molecule has 0 bridgehead atoms. The second-order valence-corrected chi connectivity index (χ2v) is 3.31. The molecule has 1 aromatic heterocycles. The molecule has 70 valence electrons. The van der Waals surface area contributed by atoms with Crippen LogP contribution in [0.25, 0.3) is 11.0 Å². The molecule has 0 saturated heterocycles. The molecule has 0 atom stereocenters. The first kappa shape index (κ1) is 7.62. The van der Waals surface area contributed by atoms with Crippen LogP contribution >= 0.6 is 0 Å². The number of ether oxygens (including phenoxy) is 1. The lowest BCUT2D eigenvalue weighted by Crippen LogP contribution is -1.95. The molecule has 0 spiro atoms. The van der Waals surface area contributed by atoms with E-state index in [0.717, 1.165) is 23.1 Å². The van der Waals surface area contributed by atoms with Gasteiger partial charge in [0.15, 0.2) is 0 Å². The van der Waals surface area contributed by atoms with Gasteiger partial charge in [-0.15, -0.1) is 0 Å². The highest BCUT2D eigenvalue weighted by Gasteiger charge is 2.15. The molecule has 1 aromatic carbocycles. The number of hydrogen-bond donors (Lipinski definition) is 0. The molecular formula is C11H8O3. The Labute approximate surface area is 79.9 Å². The SMILES string of the molecule is O=c1ccc2c3c(ccc2o1)OCC3. The predicted octanol–water partition coefficient (Wildman–Crippen LogP) is 1.73. The monoisotopic (exact) mass is 188 g/mol. The lowest BCUT2D eigenvalue weighted by Gasteiger charge is -2.01. The van der Waals surface area contributed by atoms with Crippen LogP contribution in [0.4, 0.5) is 0 Å². The van der Waals surface area contributed by atoms with Crippen LogP contribution in [-0.2, 0) is 6.42 Å². The van der Waals surface area contributed by atoms with Gasteiger partial charge in [-0.1, -0.05) is 0 Å². The van der Waals surface area contributed by atoms with Gasteiger partial charge in [-0.25, -0.2) is 4.79 Å². The lowest BCUT2D eigenvalue weighted by molar-refractivity contribution is 0.357. The minimum Gasteiger partial charge on any atom is -0.493 e. The Morgan fingerprint density at radius 3 is 3.00 bits per heavy atom. The van der Waals surface area contributed by atoms with Crippen LogP contribution in [-0.4, -0.2) is 6.61 Å². The van der Waals surface area contributed by atoms with Crippen molar-refractivity contribution in [2.24, 2.45) is 0 Å². The molecule has 3 heteroatoms. The predicted molar refractivity (Wildman–Crippen MR) is 51.7 cm³/mol. The van der Waals surface area contributed by atoms with Gasteiger partial charge >= 0.3 is 5.63 Å². The molecular weight excluding hydrogens is 180 g/mol. The molecule has 1 aliphatic rings. The van der Waals surface area contributed by atoms with E-state index in [9.17, 15) is 4.79 Å². The Morgan fingerprint density at radius 1 is 1.14 bits per heavy atom. The highest BCUT2D eigenvalue weighted by Crippen LogP contribution is 2.31. The molecule has 0 radical (unpaired) electrons. The molecule has 0 amide bonds. The summed E-state index contributed by atoms with van der Waals surface area (Å²) < 4.78 is 10.5. The van der Waals surface area contributed by atoms with Crippen molar-refractivity contribution >= 4 is 11.0 Å². The van der Waals surface area contributed by atoms with Crippen LogP contribution in [0, 0.1) is 0 Å². The summed E-state index contributed by atoms with van der Waals surface area (Å²) in [6, 6.07) is 6.88. The largest absolute Gasteiger partial charge is 0.493 e. The van der Waals surface area contributed by atoms with E-state index in [2.05, 4.69) is 0 Å². The summed E-state index contributed by atoms with van der Waals surface area (Å²) in [4.78, 5) is 11.0. The summed E-state index contributed by atoms with van der Waals surface area (Å²) in [5.41, 5.74) is 1.48. The third-order valence-electron chi connectivity index (χ3n) is 2.48. The highest BCUT2D eigenvalue weighted by molar-refractivity contribution is 5.83. The molecule has 2 heterocycles. The van der Waals surface area contributed by atoms with Gasteiger partial charge in [0.05, 0.1) is 6.61 Å². The zero-order valence-corrected chi connectivity index (χ0v) is 7.45. The number of fused-ring (bicyclic) bond motifs is 3. The number of hydrogen-bond acceptors (Lipinski definition) is 3. The Bertz CT molecular complexity index is 554. The lowest BCUT2D eigenvalue weighted by atomic mass is 10.1. The maximum Gasteiger partial charge on any atom is 0.336 e. The smallest absolute Gasteiger partial charge is 0.336 e. The summed E-state index contributed by atoms with van der Waals surface area (Å²) in [6.07, 6.45) is 0.889. The second kappa shape index (κ2) is 2.61. The highest BCUT2D eigenvalue weighted by atomic mass is 16.5. The molecule has 2 aromatic rings. The molecule has 1 aliphatic heterocycles. The fraction of sp³-hybridized carbons (Fsp3) is 0.182. The first-order valence-electron chi connectivity index (χ1n) is 4.53. The Balaban J connectivity index is 2.44. The van der Waals surface area contributed by atoms with Crippen LogP contribution in [0.3, 0.4) is 0 Å². The van der Waals surface area contributed by atoms with Gasteiger partial charge in [0.1, 0.15) is 11.3 Å². The minimum absolute atomic E-state index is 0.309. The Hall–Kier alpha value is -1.77. The van der Waals surface area contributed by atoms with E-state index in [-0.39, 0.29) is 5.63 Å². The number of rotatable bonds is 0. The zero-order chi connectivity index (χ0) is 9.54. The van der Waals surface area contributed by atoms with E-state index in [1.807, 2.05) is 6.07 Å². The van der Waals surface area contributed by atoms with Gasteiger partial charge in [0.2, 0.25) is 0 Å². The fourth-order valence-electron chi connectivity index (χ4n) is 1.84. The average molecular weight is 188 g/mol. The molecule has 0 N–H and O–H groups in total. The van der Waals surface area contributed by atoms with Crippen LogP contribution in [0.15, 0.2) is 33.5 Å². The third-order valence-corrected chi connectivity index (χ3v) is 2.48. The van der Waals surface area contributed by atoms with Gasteiger partial charge < -0.3 is 9.15 Å². The van der Waals surface area contributed by atoms with Gasteiger partial charge in [0.25, 0.3) is 0 Å². The molecule has 3 rings (SSSR count). The normalized spacial score (nSPS) is 14.0. The van der Waals surface area contributed by atoms with Crippen molar-refractivity contribution in [3.63, 3.8) is 0 Å². The van der Waals surface area contributed by atoms with Crippen molar-refractivity contribution in [1.82, 2.24) is 0 Å². The van der Waals surface area contributed by atoms with Crippen molar-refractivity contribution < 1.29 is 9.15 Å². The van der Waals surface area contributed by atoms with Gasteiger partial charge in [0, 0.05) is 23.4 Å². The van der Waals surface area contributed by atoms with Crippen molar-refractivity contribution in [2.45, 2.75) is 6.42 Å². The summed E-state index contributed by atoms with van der Waals surface area (Å²) in [5.74, 6) is 0.909. The van der Waals surface area contributed by atoms with E-state index in [0.29, 0.717) is 12.2 Å². The van der Waals surface area contributed by atoms with Crippen molar-refractivity contribution in [3.05, 3.63) is 40.2 Å². The maximum absolute atomic E-state index is 11.0. The summed E-state index contributed by atoms with van der Waals surface area (Å²) >= 11 is 0. The molecule has 0 saturated carbocycles. The van der Waals surface area contributed by atoms with Crippen LogP contribution in [0.1, 0.15) is 5.56 Å². The molecule has 3 nitrogen and oxygen atoms in total. The van der Waals surface area contributed by atoms with E-state index in [1.54, 1.807) is 12.1 Å². The third kappa shape index (κ3) is 0.954. The first-order chi connectivity index (χ1) is 6.84. The van der Waals surface area contributed by atoms with Crippen LogP contribution in [0.5, 0.6) is 5.75 Å². The van der Waals surface area contributed by atoms with Crippen molar-refractivity contribution in [3.8, 4) is 5.75 Å². The Morgan fingerprint density at radius 2 is 2.07 bits per heavy atom. The van der Waals surface area contributed by atoms with Gasteiger partial charge in [-0.2, -0.15) is 0 Å². The van der Waals surface area contributed by atoms with Gasteiger partial charge in [-0.05, 0) is 18.2 Å². The van der Waals surface area contributed by atoms with E-state index in [1.165, 1.54) is 6.07 Å². The maximum atomic E-state index is 11.0. The molecule has 0 unspecified atom stereocenters. The van der Waals surface area contributed by atoms with E-state index < -0.39 is 0 Å². The standard InChI is InChI=1S/C11H8O3/c12-11-4-1-7-8-5-6-13-9(8)2-3-10(7)14-11/h1-4H,5-6H2. The van der Waals surface area contributed by atoms with Crippen molar-refractivity contribution in [2.75, 3.05) is 6.61 Å². The summed E-state index contributed by atoms with van der Waals surface area (Å²) in [6.45, 7) is 0.716. The Kier molecular flexibility index (Phi) is 1.42. The molecule has 0 fully saturated rings. The molecule has 0 aliphatic carbocycles. The second-order valence-electron chi connectivity index (χ2n) is 3.31.